The van der Waals surface area contributed by atoms with E-state index in [9.17, 15) is 14.7 Å². The quantitative estimate of drug-likeness (QED) is 0.847. The maximum Gasteiger partial charge on any atom is 0.326 e. The molecule has 1 aliphatic heterocycles. The fraction of sp³-hybridized carbons (Fsp3) is 0.462. The average Bonchev–Trinajstić information content (AvgIpc) is 3.06. The molecule has 0 saturated carbocycles. The number of carbonyl (C=O) groups excluding carboxylic acids is 1. The van der Waals surface area contributed by atoms with E-state index in [1.807, 2.05) is 6.92 Å². The van der Waals surface area contributed by atoms with Crippen LogP contribution in [-0.2, 0) is 11.8 Å². The number of amides is 1. The van der Waals surface area contributed by atoms with E-state index in [0.717, 1.165) is 15.9 Å². The highest BCUT2D eigenvalue weighted by Gasteiger charge is 2.39. The van der Waals surface area contributed by atoms with Gasteiger partial charge in [-0.3, -0.25) is 9.48 Å². The molecule has 1 aliphatic rings. The minimum atomic E-state index is -1.08. The summed E-state index contributed by atoms with van der Waals surface area (Å²) in [6.07, 6.45) is -0.708. The van der Waals surface area contributed by atoms with Gasteiger partial charge in [-0.15, -0.1) is 11.3 Å². The minimum absolute atomic E-state index is 0.0568. The molecule has 2 aromatic rings. The summed E-state index contributed by atoms with van der Waals surface area (Å²) in [4.78, 5) is 26.3. The topological polar surface area (TPSA) is 95.7 Å². The summed E-state index contributed by atoms with van der Waals surface area (Å²) in [5, 5.41) is 24.0. The van der Waals surface area contributed by atoms with Gasteiger partial charge < -0.3 is 15.1 Å². The van der Waals surface area contributed by atoms with Gasteiger partial charge in [-0.05, 0) is 13.0 Å². The highest BCUT2D eigenvalue weighted by Crippen LogP contribution is 2.30. The molecule has 8 heteroatoms. The summed E-state index contributed by atoms with van der Waals surface area (Å²) in [5.74, 6) is -1.43. The van der Waals surface area contributed by atoms with Crippen molar-refractivity contribution in [3.05, 3.63) is 16.6 Å². The second-order valence-corrected chi connectivity index (χ2v) is 6.27. The van der Waals surface area contributed by atoms with E-state index in [1.54, 1.807) is 17.8 Å². The second kappa shape index (κ2) is 4.81. The Bertz CT molecular complexity index is 701. The molecule has 0 aliphatic carbocycles. The number of hydrogen-bond donors (Lipinski definition) is 2. The fourth-order valence-corrected chi connectivity index (χ4v) is 3.80. The van der Waals surface area contributed by atoms with Crippen molar-refractivity contribution >= 4 is 33.4 Å². The van der Waals surface area contributed by atoms with Gasteiger partial charge in [0.05, 0.1) is 16.7 Å². The first kappa shape index (κ1) is 14.0. The van der Waals surface area contributed by atoms with E-state index < -0.39 is 18.1 Å². The van der Waals surface area contributed by atoms with Crippen molar-refractivity contribution < 1.29 is 19.8 Å². The summed E-state index contributed by atoms with van der Waals surface area (Å²) in [6.45, 7) is 1.92. The molecule has 0 radical (unpaired) electrons. The molecule has 2 aromatic heterocycles. The smallest absolute Gasteiger partial charge is 0.326 e. The number of aliphatic hydroxyl groups is 1. The lowest BCUT2D eigenvalue weighted by Gasteiger charge is -2.20. The highest BCUT2D eigenvalue weighted by atomic mass is 32.1. The minimum Gasteiger partial charge on any atom is -0.480 e. The Balaban J connectivity index is 1.96. The van der Waals surface area contributed by atoms with E-state index in [-0.39, 0.29) is 18.9 Å². The van der Waals surface area contributed by atoms with Crippen molar-refractivity contribution in [3.63, 3.8) is 0 Å². The number of β-amino-alcohol motifs (C(OH)–C–C–N with tert-alkyl or cyclic N) is 1. The number of hydrogen-bond acceptors (Lipinski definition) is 5. The number of thiophene rings is 1. The lowest BCUT2D eigenvalue weighted by atomic mass is 10.2. The summed E-state index contributed by atoms with van der Waals surface area (Å²) < 4.78 is 1.71. The lowest BCUT2D eigenvalue weighted by Crippen LogP contribution is -2.40. The van der Waals surface area contributed by atoms with Crippen molar-refractivity contribution in [1.29, 1.82) is 0 Å². The van der Waals surface area contributed by atoms with Gasteiger partial charge in [0, 0.05) is 25.4 Å². The molecule has 3 heterocycles. The Morgan fingerprint density at radius 3 is 2.81 bits per heavy atom. The number of carboxylic acids is 1. The predicted molar refractivity (Wildman–Crippen MR) is 76.4 cm³/mol. The molecular formula is C13H15N3O4S. The maximum absolute atomic E-state index is 12.5. The van der Waals surface area contributed by atoms with E-state index in [2.05, 4.69) is 5.10 Å². The third-order valence-electron chi connectivity index (χ3n) is 3.73. The predicted octanol–water partition coefficient (Wildman–Crippen LogP) is 0.603. The van der Waals surface area contributed by atoms with Gasteiger partial charge in [-0.25, -0.2) is 4.79 Å². The number of carboxylic acid groups (broad SMARTS) is 1. The van der Waals surface area contributed by atoms with Crippen LogP contribution in [-0.4, -0.2) is 55.5 Å². The Labute approximate surface area is 124 Å². The van der Waals surface area contributed by atoms with E-state index >= 15 is 0 Å². The first-order chi connectivity index (χ1) is 9.88. The van der Waals surface area contributed by atoms with Crippen LogP contribution >= 0.6 is 11.3 Å². The molecule has 0 spiro atoms. The second-order valence-electron chi connectivity index (χ2n) is 5.24. The van der Waals surface area contributed by atoms with Crippen LogP contribution < -0.4 is 0 Å². The van der Waals surface area contributed by atoms with Crippen LogP contribution in [0.1, 0.15) is 21.8 Å². The van der Waals surface area contributed by atoms with Crippen LogP contribution in [0.5, 0.6) is 0 Å². The molecule has 112 valence electrons. The van der Waals surface area contributed by atoms with Crippen molar-refractivity contribution in [2.45, 2.75) is 25.5 Å². The van der Waals surface area contributed by atoms with Gasteiger partial charge in [-0.1, -0.05) is 0 Å². The number of nitrogens with zero attached hydrogens (tertiary/aromatic N) is 3. The molecule has 0 aromatic carbocycles. The largest absolute Gasteiger partial charge is 0.480 e. The van der Waals surface area contributed by atoms with Crippen molar-refractivity contribution in [3.8, 4) is 0 Å². The van der Waals surface area contributed by atoms with E-state index in [4.69, 9.17) is 5.11 Å². The number of aromatic nitrogens is 2. The van der Waals surface area contributed by atoms with Crippen LogP contribution in [0, 0.1) is 6.92 Å². The average molecular weight is 309 g/mol. The Morgan fingerprint density at radius 1 is 1.48 bits per heavy atom. The number of aliphatic hydroxyl groups excluding tert-OH is 1. The Kier molecular flexibility index (Phi) is 3.22. The highest BCUT2D eigenvalue weighted by molar-refractivity contribution is 7.20. The van der Waals surface area contributed by atoms with Crippen molar-refractivity contribution in [2.75, 3.05) is 6.54 Å². The molecule has 2 atom stereocenters. The molecule has 21 heavy (non-hydrogen) atoms. The Morgan fingerprint density at radius 2 is 2.19 bits per heavy atom. The van der Waals surface area contributed by atoms with Crippen LogP contribution in [0.4, 0.5) is 0 Å². The molecular weight excluding hydrogens is 294 g/mol. The SMILES string of the molecule is Cc1nn(C)c2sc(C(=O)N3C[C@H](O)C[C@H]3C(=O)O)cc12. The monoisotopic (exact) mass is 309 g/mol. The van der Waals surface area contributed by atoms with E-state index in [1.165, 1.54) is 16.2 Å². The summed E-state index contributed by atoms with van der Waals surface area (Å²) >= 11 is 1.29. The van der Waals surface area contributed by atoms with Crippen LogP contribution in [0.3, 0.4) is 0 Å². The number of fused-ring (bicyclic) bond motifs is 1. The molecule has 7 nitrogen and oxygen atoms in total. The third kappa shape index (κ3) is 2.20. The van der Waals surface area contributed by atoms with Crippen LogP contribution in [0.2, 0.25) is 0 Å². The zero-order valence-electron chi connectivity index (χ0n) is 11.6. The Hall–Kier alpha value is -1.93. The molecule has 0 bridgehead atoms. The zero-order chi connectivity index (χ0) is 15.3. The fourth-order valence-electron chi connectivity index (χ4n) is 2.72. The number of carbonyl (C=O) groups is 2. The van der Waals surface area contributed by atoms with Gasteiger partial charge in [0.2, 0.25) is 0 Å². The first-order valence-corrected chi connectivity index (χ1v) is 7.35. The van der Waals surface area contributed by atoms with Gasteiger partial charge in [0.1, 0.15) is 10.9 Å². The van der Waals surface area contributed by atoms with Gasteiger partial charge in [0.25, 0.3) is 5.91 Å². The van der Waals surface area contributed by atoms with Gasteiger partial charge in [0.15, 0.2) is 0 Å². The van der Waals surface area contributed by atoms with Crippen LogP contribution in [0.15, 0.2) is 6.07 Å². The summed E-state index contributed by atoms with van der Waals surface area (Å²) in [7, 11) is 1.81. The number of likely N-dealkylation sites (tertiary alicyclic amines) is 1. The van der Waals surface area contributed by atoms with Crippen molar-refractivity contribution in [2.24, 2.45) is 7.05 Å². The zero-order valence-corrected chi connectivity index (χ0v) is 12.4. The normalized spacial score (nSPS) is 22.1. The number of aliphatic carboxylic acids is 1. The first-order valence-electron chi connectivity index (χ1n) is 6.53. The van der Waals surface area contributed by atoms with Gasteiger partial charge in [-0.2, -0.15) is 5.10 Å². The maximum atomic E-state index is 12.5. The third-order valence-corrected chi connectivity index (χ3v) is 4.92. The molecule has 1 amide bonds. The molecule has 1 saturated heterocycles. The van der Waals surface area contributed by atoms with Gasteiger partial charge >= 0.3 is 5.97 Å². The van der Waals surface area contributed by atoms with E-state index in [0.29, 0.717) is 4.88 Å². The standard InChI is InChI=1S/C13H15N3O4S/c1-6-8-4-10(21-12(8)15(2)14-6)11(18)16-5-7(17)3-9(16)13(19)20/h4,7,9,17H,3,5H2,1-2H3,(H,19,20)/t7-,9+/m1/s1. The molecule has 1 fully saturated rings. The number of aryl methyl sites for hydroxylation is 2. The van der Waals surface area contributed by atoms with Crippen molar-refractivity contribution in [1.82, 2.24) is 14.7 Å². The molecule has 3 rings (SSSR count). The summed E-state index contributed by atoms with van der Waals surface area (Å²) in [5.41, 5.74) is 0.832. The molecule has 2 N–H and O–H groups in total. The molecule has 0 unspecified atom stereocenters. The lowest BCUT2D eigenvalue weighted by molar-refractivity contribution is -0.141. The number of rotatable bonds is 2. The van der Waals surface area contributed by atoms with Crippen LogP contribution in [0.25, 0.3) is 10.2 Å². The summed E-state index contributed by atoms with van der Waals surface area (Å²) in [6, 6.07) is 0.783.